The van der Waals surface area contributed by atoms with Crippen LogP contribution in [-0.4, -0.2) is 46.9 Å². The third-order valence-corrected chi connectivity index (χ3v) is 5.47. The number of carbonyl (C=O) groups is 1. The molecule has 128 valence electrons. The number of benzene rings is 1. The Balaban J connectivity index is 1.56. The van der Waals surface area contributed by atoms with Gasteiger partial charge in [-0.3, -0.25) is 9.69 Å². The highest BCUT2D eigenvalue weighted by atomic mass is 32.1. The summed E-state index contributed by atoms with van der Waals surface area (Å²) < 4.78 is 0. The molecule has 2 heterocycles. The molecule has 1 aliphatic heterocycles. The number of nitrogens with zero attached hydrogens (tertiary/aromatic N) is 3. The number of aromatic nitrogens is 1. The van der Waals surface area contributed by atoms with Crippen molar-refractivity contribution in [3.8, 4) is 0 Å². The van der Waals surface area contributed by atoms with Crippen molar-refractivity contribution < 1.29 is 4.79 Å². The van der Waals surface area contributed by atoms with Gasteiger partial charge in [0.05, 0.1) is 17.1 Å². The Hall–Kier alpha value is -1.72. The molecule has 1 fully saturated rings. The summed E-state index contributed by atoms with van der Waals surface area (Å²) in [6, 6.07) is 11.0. The number of carbonyl (C=O) groups excluding carboxylic acids is 1. The summed E-state index contributed by atoms with van der Waals surface area (Å²) >= 11 is 1.61. The number of likely N-dealkylation sites (N-methyl/N-ethyl adjacent to an activating group) is 1. The SMILES string of the molecule is Cc1nc(CC(=O)N2CCCC(N(C)Cc3ccccc3)C2)cs1. The first-order valence-electron chi connectivity index (χ1n) is 8.55. The molecule has 4 nitrogen and oxygen atoms in total. The quantitative estimate of drug-likeness (QED) is 0.837. The number of amides is 1. The minimum Gasteiger partial charge on any atom is -0.341 e. The molecular weight excluding hydrogens is 318 g/mol. The summed E-state index contributed by atoms with van der Waals surface area (Å²) in [6.07, 6.45) is 2.66. The van der Waals surface area contributed by atoms with Crippen molar-refractivity contribution in [2.75, 3.05) is 20.1 Å². The summed E-state index contributed by atoms with van der Waals surface area (Å²) in [6.45, 7) is 4.61. The van der Waals surface area contributed by atoms with Crippen molar-refractivity contribution in [2.24, 2.45) is 0 Å². The van der Waals surface area contributed by atoms with Gasteiger partial charge in [-0.15, -0.1) is 11.3 Å². The van der Waals surface area contributed by atoms with E-state index >= 15 is 0 Å². The number of hydrogen-bond acceptors (Lipinski definition) is 4. The fourth-order valence-electron chi connectivity index (χ4n) is 3.30. The van der Waals surface area contributed by atoms with Gasteiger partial charge < -0.3 is 4.90 Å². The summed E-state index contributed by atoms with van der Waals surface area (Å²) in [5.74, 6) is 0.207. The van der Waals surface area contributed by atoms with Crippen LogP contribution in [0.2, 0.25) is 0 Å². The van der Waals surface area contributed by atoms with Gasteiger partial charge in [-0.05, 0) is 32.4 Å². The molecule has 2 aromatic rings. The lowest BCUT2D eigenvalue weighted by Gasteiger charge is -2.37. The van der Waals surface area contributed by atoms with E-state index < -0.39 is 0 Å². The normalized spacial score (nSPS) is 18.1. The predicted octanol–water partition coefficient (Wildman–Crippen LogP) is 3.12. The largest absolute Gasteiger partial charge is 0.341 e. The molecule has 1 saturated heterocycles. The first-order chi connectivity index (χ1) is 11.6. The zero-order chi connectivity index (χ0) is 16.9. The van der Waals surface area contributed by atoms with E-state index in [4.69, 9.17) is 0 Å². The smallest absolute Gasteiger partial charge is 0.228 e. The molecule has 0 radical (unpaired) electrons. The highest BCUT2D eigenvalue weighted by Crippen LogP contribution is 2.18. The maximum absolute atomic E-state index is 12.6. The Morgan fingerprint density at radius 2 is 2.17 bits per heavy atom. The molecule has 1 unspecified atom stereocenters. The van der Waals surface area contributed by atoms with Gasteiger partial charge in [0, 0.05) is 31.1 Å². The molecule has 1 aliphatic rings. The van der Waals surface area contributed by atoms with Crippen LogP contribution in [0.4, 0.5) is 0 Å². The number of piperidine rings is 1. The standard InChI is InChI=1S/C19H25N3OS/c1-15-20-17(14-24-15)11-19(23)22-10-6-9-18(13-22)21(2)12-16-7-4-3-5-8-16/h3-5,7-8,14,18H,6,9-13H2,1-2H3. The van der Waals surface area contributed by atoms with Crippen LogP contribution < -0.4 is 0 Å². The van der Waals surface area contributed by atoms with E-state index in [1.807, 2.05) is 23.3 Å². The molecule has 24 heavy (non-hydrogen) atoms. The Kier molecular flexibility index (Phi) is 5.63. The van der Waals surface area contributed by atoms with E-state index in [2.05, 4.69) is 41.2 Å². The van der Waals surface area contributed by atoms with Gasteiger partial charge in [0.15, 0.2) is 0 Å². The lowest BCUT2D eigenvalue weighted by atomic mass is 10.0. The Morgan fingerprint density at radius 3 is 2.88 bits per heavy atom. The first kappa shape index (κ1) is 17.1. The molecule has 0 saturated carbocycles. The molecule has 1 aromatic heterocycles. The third kappa shape index (κ3) is 4.42. The van der Waals surface area contributed by atoms with Crippen LogP contribution >= 0.6 is 11.3 Å². The van der Waals surface area contributed by atoms with E-state index in [1.54, 1.807) is 11.3 Å². The van der Waals surface area contributed by atoms with Gasteiger partial charge in [0.1, 0.15) is 0 Å². The van der Waals surface area contributed by atoms with Gasteiger partial charge in [0.25, 0.3) is 0 Å². The fourth-order valence-corrected chi connectivity index (χ4v) is 3.91. The van der Waals surface area contributed by atoms with Gasteiger partial charge in [-0.25, -0.2) is 4.98 Å². The molecule has 0 N–H and O–H groups in total. The van der Waals surface area contributed by atoms with Gasteiger partial charge in [-0.2, -0.15) is 0 Å². The number of rotatable bonds is 5. The number of hydrogen-bond donors (Lipinski definition) is 0. The third-order valence-electron chi connectivity index (χ3n) is 4.65. The fraction of sp³-hybridized carbons (Fsp3) is 0.474. The maximum atomic E-state index is 12.6. The zero-order valence-corrected chi connectivity index (χ0v) is 15.3. The number of likely N-dealkylation sites (tertiary alicyclic amines) is 1. The maximum Gasteiger partial charge on any atom is 0.228 e. The Bertz CT molecular complexity index is 670. The lowest BCUT2D eigenvalue weighted by Crippen LogP contribution is -2.48. The van der Waals surface area contributed by atoms with Crippen LogP contribution in [0.25, 0.3) is 0 Å². The second kappa shape index (κ2) is 7.90. The summed E-state index contributed by atoms with van der Waals surface area (Å²) in [7, 11) is 2.16. The summed E-state index contributed by atoms with van der Waals surface area (Å²) in [5, 5.41) is 3.02. The topological polar surface area (TPSA) is 36.4 Å². The van der Waals surface area contributed by atoms with Crippen LogP contribution in [0.15, 0.2) is 35.7 Å². The molecule has 1 aromatic carbocycles. The van der Waals surface area contributed by atoms with E-state index in [0.717, 1.165) is 43.2 Å². The molecular formula is C19H25N3OS. The van der Waals surface area contributed by atoms with Crippen molar-refractivity contribution in [1.82, 2.24) is 14.8 Å². The zero-order valence-electron chi connectivity index (χ0n) is 14.4. The van der Waals surface area contributed by atoms with Crippen molar-refractivity contribution >= 4 is 17.2 Å². The monoisotopic (exact) mass is 343 g/mol. The van der Waals surface area contributed by atoms with Gasteiger partial charge in [0.2, 0.25) is 5.91 Å². The Labute approximate surface area is 148 Å². The van der Waals surface area contributed by atoms with Crippen LogP contribution in [0.1, 0.15) is 29.1 Å². The molecule has 0 bridgehead atoms. The molecule has 5 heteroatoms. The van der Waals surface area contributed by atoms with E-state index in [0.29, 0.717) is 12.5 Å². The summed E-state index contributed by atoms with van der Waals surface area (Å²) in [5.41, 5.74) is 2.23. The van der Waals surface area contributed by atoms with E-state index in [-0.39, 0.29) is 5.91 Å². The number of thiazole rings is 1. The minimum absolute atomic E-state index is 0.207. The van der Waals surface area contributed by atoms with Crippen molar-refractivity contribution in [3.63, 3.8) is 0 Å². The van der Waals surface area contributed by atoms with Crippen LogP contribution in [0.5, 0.6) is 0 Å². The summed E-state index contributed by atoms with van der Waals surface area (Å²) in [4.78, 5) is 21.4. The molecule has 3 rings (SSSR count). The molecule has 1 amide bonds. The van der Waals surface area contributed by atoms with Crippen LogP contribution in [-0.2, 0) is 17.8 Å². The first-order valence-corrected chi connectivity index (χ1v) is 9.43. The minimum atomic E-state index is 0.207. The van der Waals surface area contributed by atoms with E-state index in [1.165, 1.54) is 5.56 Å². The molecule has 0 aliphatic carbocycles. The highest BCUT2D eigenvalue weighted by Gasteiger charge is 2.26. The Morgan fingerprint density at radius 1 is 1.38 bits per heavy atom. The van der Waals surface area contributed by atoms with Crippen molar-refractivity contribution in [2.45, 2.75) is 38.8 Å². The molecule has 0 spiro atoms. The average molecular weight is 343 g/mol. The predicted molar refractivity (Wildman–Crippen MR) is 98.1 cm³/mol. The van der Waals surface area contributed by atoms with Crippen molar-refractivity contribution in [3.05, 3.63) is 52.0 Å². The second-order valence-corrected chi connectivity index (χ2v) is 7.63. The van der Waals surface area contributed by atoms with Gasteiger partial charge in [-0.1, -0.05) is 30.3 Å². The van der Waals surface area contributed by atoms with E-state index in [9.17, 15) is 4.79 Å². The van der Waals surface area contributed by atoms with Crippen molar-refractivity contribution in [1.29, 1.82) is 0 Å². The average Bonchev–Trinajstić information content (AvgIpc) is 3.00. The lowest BCUT2D eigenvalue weighted by molar-refractivity contribution is -0.132. The number of aryl methyl sites for hydroxylation is 1. The second-order valence-electron chi connectivity index (χ2n) is 6.57. The van der Waals surface area contributed by atoms with Gasteiger partial charge >= 0.3 is 0 Å². The van der Waals surface area contributed by atoms with Crippen LogP contribution in [0.3, 0.4) is 0 Å². The molecule has 1 atom stereocenters. The highest BCUT2D eigenvalue weighted by molar-refractivity contribution is 7.09. The van der Waals surface area contributed by atoms with Crippen LogP contribution in [0, 0.1) is 6.92 Å².